The van der Waals surface area contributed by atoms with Gasteiger partial charge in [0, 0.05) is 11.8 Å². The van der Waals surface area contributed by atoms with E-state index in [1.165, 1.54) is 0 Å². The van der Waals surface area contributed by atoms with E-state index in [9.17, 15) is 24.3 Å². The molecule has 2 aromatic carbocycles. The monoisotopic (exact) mass is 464 g/mol. The van der Waals surface area contributed by atoms with Gasteiger partial charge in [-0.15, -0.1) is 0 Å². The van der Waals surface area contributed by atoms with Crippen molar-refractivity contribution < 1.29 is 23.3 Å². The van der Waals surface area contributed by atoms with E-state index in [2.05, 4.69) is 12.1 Å². The van der Waals surface area contributed by atoms with Crippen molar-refractivity contribution in [3.8, 4) is 12.1 Å². The molecule has 1 aliphatic heterocycles. The van der Waals surface area contributed by atoms with Crippen LogP contribution in [-0.2, 0) is 29.9 Å². The zero-order chi connectivity index (χ0) is 24.3. The Balaban J connectivity index is 2.40. The van der Waals surface area contributed by atoms with E-state index in [0.717, 1.165) is 25.3 Å². The fraction of sp³-hybridized carbons (Fsp3) is 0.360. The SMILES string of the molecule is COC(=O)C1C(c2ccc(C)cc2)C(C#N)(C#N)C(c2ccc(C)cc2)C(C(=O)OC)S1=O. The second kappa shape index (κ2) is 9.56. The van der Waals surface area contributed by atoms with Crippen LogP contribution < -0.4 is 0 Å². The highest BCUT2D eigenvalue weighted by molar-refractivity contribution is 7.88. The first kappa shape index (κ1) is 24.2. The normalized spacial score (nSPS) is 25.8. The van der Waals surface area contributed by atoms with Crippen LogP contribution in [0.1, 0.15) is 34.1 Å². The van der Waals surface area contributed by atoms with Gasteiger partial charge >= 0.3 is 11.9 Å². The molecule has 0 N–H and O–H groups in total. The van der Waals surface area contributed by atoms with E-state index in [1.807, 2.05) is 13.8 Å². The van der Waals surface area contributed by atoms with Gasteiger partial charge in [0.1, 0.15) is 10.5 Å². The van der Waals surface area contributed by atoms with Crippen LogP contribution in [0.15, 0.2) is 48.5 Å². The Hall–Kier alpha value is -3.49. The molecule has 1 aliphatic rings. The Morgan fingerprint density at radius 2 is 1.12 bits per heavy atom. The van der Waals surface area contributed by atoms with Crippen LogP contribution in [0.4, 0.5) is 0 Å². The van der Waals surface area contributed by atoms with Crippen molar-refractivity contribution in [3.63, 3.8) is 0 Å². The summed E-state index contributed by atoms with van der Waals surface area (Å²) in [5.74, 6) is -3.92. The molecule has 4 atom stereocenters. The summed E-state index contributed by atoms with van der Waals surface area (Å²) < 4.78 is 23.7. The molecule has 0 amide bonds. The van der Waals surface area contributed by atoms with E-state index in [1.54, 1.807) is 48.5 Å². The first-order valence-corrected chi connectivity index (χ1v) is 11.5. The zero-order valence-corrected chi connectivity index (χ0v) is 19.6. The molecule has 0 radical (unpaired) electrons. The Labute approximate surface area is 195 Å². The highest BCUT2D eigenvalue weighted by Crippen LogP contribution is 2.56. The maximum atomic E-state index is 13.8. The van der Waals surface area contributed by atoms with Crippen molar-refractivity contribution in [2.24, 2.45) is 5.41 Å². The van der Waals surface area contributed by atoms with Crippen molar-refractivity contribution in [1.29, 1.82) is 10.5 Å². The van der Waals surface area contributed by atoms with Crippen LogP contribution in [0.2, 0.25) is 0 Å². The minimum absolute atomic E-state index is 0.493. The van der Waals surface area contributed by atoms with Crippen molar-refractivity contribution >= 4 is 22.7 Å². The highest BCUT2D eigenvalue weighted by atomic mass is 32.2. The van der Waals surface area contributed by atoms with Crippen molar-refractivity contribution in [1.82, 2.24) is 0 Å². The lowest BCUT2D eigenvalue weighted by Crippen LogP contribution is -2.58. The van der Waals surface area contributed by atoms with Gasteiger partial charge in [-0.25, -0.2) is 0 Å². The number of rotatable bonds is 4. The van der Waals surface area contributed by atoms with Gasteiger partial charge in [0.15, 0.2) is 5.41 Å². The van der Waals surface area contributed by atoms with Crippen LogP contribution in [0.3, 0.4) is 0 Å². The fourth-order valence-electron chi connectivity index (χ4n) is 4.52. The lowest BCUT2D eigenvalue weighted by atomic mass is 9.61. The first-order valence-electron chi connectivity index (χ1n) is 10.3. The van der Waals surface area contributed by atoms with E-state index >= 15 is 0 Å². The van der Waals surface area contributed by atoms with Crippen LogP contribution in [0.5, 0.6) is 0 Å². The summed E-state index contributed by atoms with van der Waals surface area (Å²) in [7, 11) is 0.140. The maximum absolute atomic E-state index is 13.8. The van der Waals surface area contributed by atoms with Gasteiger partial charge in [-0.3, -0.25) is 13.8 Å². The number of carbonyl (C=O) groups excluding carboxylic acids is 2. The minimum Gasteiger partial charge on any atom is -0.468 e. The number of aryl methyl sites for hydroxylation is 2. The number of ether oxygens (including phenoxy) is 2. The largest absolute Gasteiger partial charge is 0.468 e. The van der Waals surface area contributed by atoms with E-state index < -0.39 is 50.5 Å². The molecule has 33 heavy (non-hydrogen) atoms. The Morgan fingerprint density at radius 1 is 0.788 bits per heavy atom. The molecule has 0 saturated carbocycles. The van der Waals surface area contributed by atoms with E-state index in [0.29, 0.717) is 11.1 Å². The molecule has 0 bridgehead atoms. The van der Waals surface area contributed by atoms with Gasteiger partial charge in [0.2, 0.25) is 0 Å². The number of esters is 2. The van der Waals surface area contributed by atoms with Gasteiger partial charge in [0.05, 0.1) is 37.2 Å². The summed E-state index contributed by atoms with van der Waals surface area (Å²) in [5.41, 5.74) is 0.955. The average molecular weight is 465 g/mol. The van der Waals surface area contributed by atoms with Crippen LogP contribution >= 0.6 is 0 Å². The summed E-state index contributed by atoms with van der Waals surface area (Å²) in [6.07, 6.45) is 0. The standard InChI is InChI=1S/C25H24N2O5S/c1-15-5-9-17(10-6-15)19-21(23(28)31-3)33(30)22(24(29)32-4)20(25(19,13-26)14-27)18-11-7-16(2)8-12-18/h5-12,19-22H,1-4H3. The molecule has 1 fully saturated rings. The quantitative estimate of drug-likeness (QED) is 0.638. The molecule has 1 saturated heterocycles. The maximum Gasteiger partial charge on any atom is 0.322 e. The lowest BCUT2D eigenvalue weighted by molar-refractivity contribution is -0.142. The number of hydrogen-bond donors (Lipinski definition) is 0. The number of hydrogen-bond acceptors (Lipinski definition) is 7. The molecule has 2 aromatic rings. The van der Waals surface area contributed by atoms with Crippen LogP contribution in [0, 0.1) is 41.9 Å². The molecule has 4 unspecified atom stereocenters. The summed E-state index contributed by atoms with van der Waals surface area (Å²) >= 11 is 0. The molecule has 8 heteroatoms. The number of benzene rings is 2. The number of methoxy groups -OCH3 is 2. The van der Waals surface area contributed by atoms with Crippen LogP contribution in [0.25, 0.3) is 0 Å². The molecule has 0 aliphatic carbocycles. The number of carbonyl (C=O) groups is 2. The zero-order valence-electron chi connectivity index (χ0n) is 18.8. The van der Waals surface area contributed by atoms with Gasteiger partial charge in [-0.05, 0) is 25.0 Å². The smallest absolute Gasteiger partial charge is 0.322 e. The second-order valence-corrected chi connectivity index (χ2v) is 9.76. The van der Waals surface area contributed by atoms with Crippen molar-refractivity contribution in [3.05, 3.63) is 70.8 Å². The second-order valence-electron chi connectivity index (χ2n) is 8.09. The summed E-state index contributed by atoms with van der Waals surface area (Å²) in [4.78, 5) is 25.8. The summed E-state index contributed by atoms with van der Waals surface area (Å²) in [5, 5.41) is 18.1. The molecular weight excluding hydrogens is 440 g/mol. The minimum atomic E-state index is -2.15. The topological polar surface area (TPSA) is 117 Å². The van der Waals surface area contributed by atoms with E-state index in [4.69, 9.17) is 9.47 Å². The summed E-state index contributed by atoms with van der Waals surface area (Å²) in [6, 6.07) is 18.2. The third-order valence-electron chi connectivity index (χ3n) is 6.20. The lowest BCUT2D eigenvalue weighted by Gasteiger charge is -2.46. The molecule has 7 nitrogen and oxygen atoms in total. The molecule has 0 aromatic heterocycles. The van der Waals surface area contributed by atoms with Gasteiger partial charge < -0.3 is 9.47 Å². The van der Waals surface area contributed by atoms with Gasteiger partial charge in [-0.2, -0.15) is 10.5 Å². The number of nitriles is 2. The van der Waals surface area contributed by atoms with Crippen molar-refractivity contribution in [2.45, 2.75) is 36.2 Å². The van der Waals surface area contributed by atoms with Gasteiger partial charge in [0.25, 0.3) is 0 Å². The van der Waals surface area contributed by atoms with E-state index in [-0.39, 0.29) is 0 Å². The average Bonchev–Trinajstić information content (AvgIpc) is 2.83. The fourth-order valence-corrected chi connectivity index (χ4v) is 6.69. The predicted octanol–water partition coefficient (Wildman–Crippen LogP) is 3.05. The van der Waals surface area contributed by atoms with Crippen LogP contribution in [-0.4, -0.2) is 40.9 Å². The van der Waals surface area contributed by atoms with Crippen molar-refractivity contribution in [2.75, 3.05) is 14.2 Å². The highest BCUT2D eigenvalue weighted by Gasteiger charge is 2.65. The van der Waals surface area contributed by atoms with Gasteiger partial charge in [-0.1, -0.05) is 59.7 Å². The Morgan fingerprint density at radius 3 is 1.39 bits per heavy atom. The molecule has 0 spiro atoms. The predicted molar refractivity (Wildman–Crippen MR) is 121 cm³/mol. The Bertz CT molecular complexity index is 1070. The molecule has 1 heterocycles. The molecule has 3 rings (SSSR count). The number of nitrogens with zero attached hydrogens (tertiary/aromatic N) is 2. The first-order chi connectivity index (χ1) is 15.7. The summed E-state index contributed by atoms with van der Waals surface area (Å²) in [6.45, 7) is 3.76. The molecule has 170 valence electrons. The third kappa shape index (κ3) is 4.03. The third-order valence-corrected chi connectivity index (χ3v) is 8.13. The Kier molecular flexibility index (Phi) is 7.00. The molecular formula is C25H24N2O5S.